The summed E-state index contributed by atoms with van der Waals surface area (Å²) in [5, 5.41) is 3.68. The van der Waals surface area contributed by atoms with Gasteiger partial charge in [-0.2, -0.15) is 0 Å². The van der Waals surface area contributed by atoms with E-state index in [4.69, 9.17) is 0 Å². The van der Waals surface area contributed by atoms with Gasteiger partial charge in [0.1, 0.15) is 0 Å². The van der Waals surface area contributed by atoms with Gasteiger partial charge in [-0.05, 0) is 47.7 Å². The second-order valence-electron chi connectivity index (χ2n) is 5.42. The number of nitrogens with zero attached hydrogens (tertiary/aromatic N) is 1. The smallest absolute Gasteiger partial charge is 0.0297 e. The molecule has 0 aromatic rings. The molecule has 2 heteroatoms. The first kappa shape index (κ1) is 10.0. The Hall–Kier alpha value is -0.0800. The van der Waals surface area contributed by atoms with Gasteiger partial charge in [0.15, 0.2) is 0 Å². The molecular weight excluding hydrogens is 148 g/mol. The largest absolute Gasteiger partial charge is 0.306 e. The van der Waals surface area contributed by atoms with Gasteiger partial charge in [0.05, 0.1) is 0 Å². The minimum Gasteiger partial charge on any atom is -0.306 e. The van der Waals surface area contributed by atoms with Crippen molar-refractivity contribution in [1.29, 1.82) is 0 Å². The molecule has 0 saturated carbocycles. The fourth-order valence-electron chi connectivity index (χ4n) is 2.20. The van der Waals surface area contributed by atoms with Crippen molar-refractivity contribution >= 4 is 0 Å². The van der Waals surface area contributed by atoms with E-state index in [0.717, 1.165) is 0 Å². The zero-order valence-corrected chi connectivity index (χ0v) is 9.07. The predicted octanol–water partition coefficient (Wildman–Crippen LogP) is 1.47. The molecule has 1 fully saturated rings. The van der Waals surface area contributed by atoms with E-state index in [-0.39, 0.29) is 5.54 Å². The second kappa shape index (κ2) is 3.00. The Morgan fingerprint density at radius 2 is 1.92 bits per heavy atom. The highest BCUT2D eigenvalue weighted by Gasteiger charge is 2.34. The molecule has 0 bridgehead atoms. The van der Waals surface area contributed by atoms with Crippen molar-refractivity contribution in [3.8, 4) is 0 Å². The van der Waals surface area contributed by atoms with E-state index >= 15 is 0 Å². The molecule has 1 heterocycles. The van der Waals surface area contributed by atoms with E-state index in [1.54, 1.807) is 0 Å². The third-order valence-corrected chi connectivity index (χ3v) is 2.34. The Kier molecular flexibility index (Phi) is 2.50. The Bertz CT molecular complexity index is 160. The molecule has 72 valence electrons. The van der Waals surface area contributed by atoms with Crippen LogP contribution in [-0.2, 0) is 0 Å². The number of likely N-dealkylation sites (N-methyl/N-ethyl adjacent to an activating group) is 1. The van der Waals surface area contributed by atoms with Gasteiger partial charge in [-0.1, -0.05) is 0 Å². The van der Waals surface area contributed by atoms with Crippen LogP contribution in [0.1, 0.15) is 34.1 Å². The standard InChI is InChI=1S/C10H22N2/c1-9(2,3)11-10(4)6-7-12(5)8-10/h11H,6-8H2,1-5H3/t10-/m1/s1. The SMILES string of the molecule is CN1CC[C@@](C)(NC(C)(C)C)C1. The average molecular weight is 170 g/mol. The number of hydrogen-bond acceptors (Lipinski definition) is 2. The Morgan fingerprint density at radius 1 is 1.33 bits per heavy atom. The van der Waals surface area contributed by atoms with Gasteiger partial charge >= 0.3 is 0 Å². The van der Waals surface area contributed by atoms with Gasteiger partial charge < -0.3 is 10.2 Å². The van der Waals surface area contributed by atoms with Crippen LogP contribution in [0.15, 0.2) is 0 Å². The molecule has 0 aromatic heterocycles. The number of nitrogens with one attached hydrogen (secondary N) is 1. The van der Waals surface area contributed by atoms with Crippen molar-refractivity contribution in [3.05, 3.63) is 0 Å². The summed E-state index contributed by atoms with van der Waals surface area (Å²) in [5.41, 5.74) is 0.562. The fourth-order valence-corrected chi connectivity index (χ4v) is 2.20. The van der Waals surface area contributed by atoms with Crippen molar-refractivity contribution in [2.75, 3.05) is 20.1 Å². The Labute approximate surface area is 76.3 Å². The molecule has 1 aliphatic rings. The van der Waals surface area contributed by atoms with Crippen molar-refractivity contribution in [1.82, 2.24) is 10.2 Å². The molecule has 1 N–H and O–H groups in total. The average Bonchev–Trinajstić information content (AvgIpc) is 2.05. The molecule has 0 radical (unpaired) electrons. The zero-order valence-electron chi connectivity index (χ0n) is 9.07. The first-order chi connectivity index (χ1) is 5.31. The third kappa shape index (κ3) is 2.76. The van der Waals surface area contributed by atoms with Crippen LogP contribution in [0.2, 0.25) is 0 Å². The minimum atomic E-state index is 0.236. The van der Waals surface area contributed by atoms with Crippen LogP contribution in [0, 0.1) is 0 Å². The number of likely N-dealkylation sites (tertiary alicyclic amines) is 1. The maximum Gasteiger partial charge on any atom is 0.0297 e. The molecule has 1 atom stereocenters. The summed E-state index contributed by atoms with van der Waals surface area (Å²) in [6.07, 6.45) is 1.26. The van der Waals surface area contributed by atoms with Crippen LogP contribution in [0.4, 0.5) is 0 Å². The van der Waals surface area contributed by atoms with E-state index in [1.165, 1.54) is 19.5 Å². The van der Waals surface area contributed by atoms with Gasteiger partial charge in [-0.15, -0.1) is 0 Å². The monoisotopic (exact) mass is 170 g/mol. The van der Waals surface area contributed by atoms with Crippen LogP contribution in [-0.4, -0.2) is 36.1 Å². The van der Waals surface area contributed by atoms with Gasteiger partial charge in [0, 0.05) is 17.6 Å². The normalized spacial score (nSPS) is 32.8. The Balaban J connectivity index is 2.51. The lowest BCUT2D eigenvalue weighted by molar-refractivity contribution is 0.260. The highest BCUT2D eigenvalue weighted by molar-refractivity contribution is 4.96. The number of rotatable bonds is 1. The first-order valence-corrected chi connectivity index (χ1v) is 4.79. The summed E-state index contributed by atoms with van der Waals surface area (Å²) in [4.78, 5) is 2.39. The molecule has 0 aromatic carbocycles. The molecular formula is C10H22N2. The maximum absolute atomic E-state index is 3.68. The molecule has 0 unspecified atom stereocenters. The predicted molar refractivity (Wildman–Crippen MR) is 53.4 cm³/mol. The molecule has 1 aliphatic heterocycles. The molecule has 12 heavy (non-hydrogen) atoms. The highest BCUT2D eigenvalue weighted by Crippen LogP contribution is 2.22. The first-order valence-electron chi connectivity index (χ1n) is 4.79. The summed E-state index contributed by atoms with van der Waals surface area (Å²) in [6, 6.07) is 0. The van der Waals surface area contributed by atoms with Gasteiger partial charge in [-0.3, -0.25) is 0 Å². The third-order valence-electron chi connectivity index (χ3n) is 2.34. The molecule has 0 amide bonds. The quantitative estimate of drug-likeness (QED) is 0.641. The summed E-state index contributed by atoms with van der Waals surface area (Å²) in [5.74, 6) is 0. The molecule has 0 spiro atoms. The summed E-state index contributed by atoms with van der Waals surface area (Å²) >= 11 is 0. The zero-order chi connectivity index (χ0) is 9.41. The van der Waals surface area contributed by atoms with Gasteiger partial charge in [-0.25, -0.2) is 0 Å². The molecule has 1 rings (SSSR count). The fraction of sp³-hybridized carbons (Fsp3) is 1.00. The summed E-state index contributed by atoms with van der Waals surface area (Å²) in [7, 11) is 2.19. The topological polar surface area (TPSA) is 15.3 Å². The van der Waals surface area contributed by atoms with Gasteiger partial charge in [0.25, 0.3) is 0 Å². The number of hydrogen-bond donors (Lipinski definition) is 1. The lowest BCUT2D eigenvalue weighted by Crippen LogP contribution is -2.53. The molecule has 1 saturated heterocycles. The van der Waals surface area contributed by atoms with E-state index in [9.17, 15) is 0 Å². The second-order valence-corrected chi connectivity index (χ2v) is 5.42. The van der Waals surface area contributed by atoms with Crippen molar-refractivity contribution in [2.24, 2.45) is 0 Å². The van der Waals surface area contributed by atoms with Crippen molar-refractivity contribution in [2.45, 2.75) is 45.2 Å². The van der Waals surface area contributed by atoms with Crippen molar-refractivity contribution in [3.63, 3.8) is 0 Å². The van der Waals surface area contributed by atoms with Crippen LogP contribution in [0.3, 0.4) is 0 Å². The van der Waals surface area contributed by atoms with Crippen LogP contribution in [0.5, 0.6) is 0 Å². The summed E-state index contributed by atoms with van der Waals surface area (Å²) < 4.78 is 0. The maximum atomic E-state index is 3.68. The highest BCUT2D eigenvalue weighted by atomic mass is 15.2. The van der Waals surface area contributed by atoms with Crippen LogP contribution < -0.4 is 5.32 Å². The Morgan fingerprint density at radius 3 is 2.25 bits per heavy atom. The lowest BCUT2D eigenvalue weighted by Gasteiger charge is -2.34. The van der Waals surface area contributed by atoms with E-state index < -0.39 is 0 Å². The molecule has 2 nitrogen and oxygen atoms in total. The minimum absolute atomic E-state index is 0.236. The van der Waals surface area contributed by atoms with Crippen LogP contribution in [0.25, 0.3) is 0 Å². The van der Waals surface area contributed by atoms with Crippen molar-refractivity contribution < 1.29 is 0 Å². The summed E-state index contributed by atoms with van der Waals surface area (Å²) in [6.45, 7) is 11.4. The van der Waals surface area contributed by atoms with Gasteiger partial charge in [0.2, 0.25) is 0 Å². The van der Waals surface area contributed by atoms with E-state index in [2.05, 4.69) is 45.0 Å². The van der Waals surface area contributed by atoms with E-state index in [1.807, 2.05) is 0 Å². The van der Waals surface area contributed by atoms with Crippen LogP contribution >= 0.6 is 0 Å². The molecule has 0 aliphatic carbocycles. The lowest BCUT2D eigenvalue weighted by atomic mass is 9.96. The van der Waals surface area contributed by atoms with E-state index in [0.29, 0.717) is 5.54 Å².